The Labute approximate surface area is 262 Å². The molecule has 2 aromatic carbocycles. The molecular formula is C40H64S. The second-order valence-corrected chi connectivity index (χ2v) is 15.6. The van der Waals surface area contributed by atoms with Crippen LogP contribution in [0.15, 0.2) is 12.1 Å². The van der Waals surface area contributed by atoms with Crippen LogP contribution in [0.5, 0.6) is 0 Å². The van der Waals surface area contributed by atoms with Gasteiger partial charge >= 0.3 is 0 Å². The highest BCUT2D eigenvalue weighted by Crippen LogP contribution is 2.55. The quantitative estimate of drug-likeness (QED) is 0.307. The molecule has 4 rings (SSSR count). The largest absolute Gasteiger partial charge is 0.197 e. The van der Waals surface area contributed by atoms with Crippen molar-refractivity contribution in [3.8, 4) is 0 Å². The summed E-state index contributed by atoms with van der Waals surface area (Å²) in [7, 11) is 0. The van der Waals surface area contributed by atoms with Crippen molar-refractivity contribution in [3.05, 3.63) is 67.8 Å². The normalized spacial score (nSPS) is 29.1. The van der Waals surface area contributed by atoms with Crippen molar-refractivity contribution in [1.29, 1.82) is 0 Å². The minimum atomic E-state index is 0. The maximum atomic E-state index is 2.62. The van der Waals surface area contributed by atoms with Crippen LogP contribution >= 0.6 is 13.5 Å². The van der Waals surface area contributed by atoms with Gasteiger partial charge < -0.3 is 0 Å². The van der Waals surface area contributed by atoms with Gasteiger partial charge in [0, 0.05) is 0 Å². The van der Waals surface area contributed by atoms with Crippen LogP contribution in [0.2, 0.25) is 0 Å². The third kappa shape index (κ3) is 5.84. The molecule has 0 spiro atoms. The molecule has 0 heterocycles. The fourth-order valence-electron chi connectivity index (χ4n) is 9.73. The molecule has 8 unspecified atom stereocenters. The molecule has 41 heavy (non-hydrogen) atoms. The Morgan fingerprint density at radius 2 is 1.27 bits per heavy atom. The Balaban J connectivity index is 0.00000462. The molecule has 2 aliphatic rings. The lowest BCUT2D eigenvalue weighted by Gasteiger charge is -2.34. The summed E-state index contributed by atoms with van der Waals surface area (Å²) in [5.74, 6) is 7.56. The maximum Gasteiger partial charge on any atom is -0.00999 e. The van der Waals surface area contributed by atoms with Crippen LogP contribution in [0.3, 0.4) is 0 Å². The van der Waals surface area contributed by atoms with Gasteiger partial charge in [-0.05, 0) is 161 Å². The number of rotatable bonds is 7. The molecule has 1 heteroatoms. The third-order valence-corrected chi connectivity index (χ3v) is 12.7. The fraction of sp³-hybridized carbons (Fsp3) is 0.700. The lowest BCUT2D eigenvalue weighted by molar-refractivity contribution is 0.291. The number of aryl methyl sites for hydroxylation is 2. The van der Waals surface area contributed by atoms with Gasteiger partial charge in [-0.15, -0.1) is 0 Å². The first kappa shape index (κ1) is 34.3. The summed E-state index contributed by atoms with van der Waals surface area (Å²) in [6.45, 7) is 36.9. The monoisotopic (exact) mass is 576 g/mol. The van der Waals surface area contributed by atoms with Crippen LogP contribution in [0, 0.1) is 69.1 Å². The van der Waals surface area contributed by atoms with Crippen molar-refractivity contribution < 1.29 is 0 Å². The third-order valence-electron chi connectivity index (χ3n) is 12.7. The minimum absolute atomic E-state index is 0. The number of fused-ring (bicyclic) bond motifs is 1. The van der Waals surface area contributed by atoms with Gasteiger partial charge in [-0.2, -0.15) is 13.5 Å². The number of hydrogen-bond donors (Lipinski definition) is 0. The predicted octanol–water partition coefficient (Wildman–Crippen LogP) is 11.7. The Morgan fingerprint density at radius 1 is 0.707 bits per heavy atom. The van der Waals surface area contributed by atoms with E-state index in [0.29, 0.717) is 41.4 Å². The Hall–Kier alpha value is -1.21. The van der Waals surface area contributed by atoms with E-state index >= 15 is 0 Å². The van der Waals surface area contributed by atoms with E-state index in [4.69, 9.17) is 0 Å². The van der Waals surface area contributed by atoms with Gasteiger partial charge in [-0.3, -0.25) is 0 Å². The van der Waals surface area contributed by atoms with E-state index < -0.39 is 0 Å². The standard InChI is InChI=1S/C40H62.H2S/c1-20(2)16-35-24(7)22(5)18-36(37(35)21(3)4)28(11)27(10)34-19-33-17-23(6)38(32(15)39(33)31(34)14)40-29(12)25(8)26(9)30(40)13;/h17-18,20-21,25-31,34,40H,16,19H2,1-15H3;1H2. The zero-order valence-electron chi connectivity index (χ0n) is 29.4. The van der Waals surface area contributed by atoms with Crippen LogP contribution in [-0.4, -0.2) is 0 Å². The van der Waals surface area contributed by atoms with Crippen molar-refractivity contribution in [2.24, 2.45) is 41.4 Å². The van der Waals surface area contributed by atoms with Crippen molar-refractivity contribution in [2.75, 3.05) is 0 Å². The van der Waals surface area contributed by atoms with Gasteiger partial charge in [0.15, 0.2) is 0 Å². The van der Waals surface area contributed by atoms with Gasteiger partial charge in [0.1, 0.15) is 0 Å². The van der Waals surface area contributed by atoms with Gasteiger partial charge in [-0.25, -0.2) is 0 Å². The van der Waals surface area contributed by atoms with Crippen LogP contribution in [0.4, 0.5) is 0 Å². The summed E-state index contributed by atoms with van der Waals surface area (Å²) < 4.78 is 0. The molecule has 2 aliphatic carbocycles. The Morgan fingerprint density at radius 3 is 1.78 bits per heavy atom. The summed E-state index contributed by atoms with van der Waals surface area (Å²) in [6, 6.07) is 5.19. The van der Waals surface area contributed by atoms with Gasteiger partial charge in [0.05, 0.1) is 0 Å². The molecule has 0 saturated heterocycles. The maximum absolute atomic E-state index is 2.62. The highest BCUT2D eigenvalue weighted by Gasteiger charge is 2.45. The van der Waals surface area contributed by atoms with Crippen LogP contribution in [0.1, 0.15) is 155 Å². The van der Waals surface area contributed by atoms with E-state index in [1.165, 1.54) is 24.0 Å². The first-order valence-electron chi connectivity index (χ1n) is 16.9. The van der Waals surface area contributed by atoms with E-state index in [9.17, 15) is 0 Å². The van der Waals surface area contributed by atoms with Gasteiger partial charge in [0.25, 0.3) is 0 Å². The van der Waals surface area contributed by atoms with Gasteiger partial charge in [-0.1, -0.05) is 88.3 Å². The molecule has 8 atom stereocenters. The number of benzene rings is 2. The molecule has 0 radical (unpaired) electrons. The predicted molar refractivity (Wildman–Crippen MR) is 187 cm³/mol. The molecule has 0 amide bonds. The topological polar surface area (TPSA) is 0 Å². The number of hydrogen-bond acceptors (Lipinski definition) is 0. The first-order chi connectivity index (χ1) is 18.6. The molecule has 0 aliphatic heterocycles. The summed E-state index contributed by atoms with van der Waals surface area (Å²) in [5, 5.41) is 0. The second kappa shape index (κ2) is 12.8. The van der Waals surface area contributed by atoms with E-state index in [1.807, 2.05) is 0 Å². The summed E-state index contributed by atoms with van der Waals surface area (Å²) in [5.41, 5.74) is 16.2. The minimum Gasteiger partial charge on any atom is -0.197 e. The Bertz CT molecular complexity index is 1220. The van der Waals surface area contributed by atoms with Crippen LogP contribution in [0.25, 0.3) is 0 Å². The Kier molecular flexibility index (Phi) is 10.7. The SMILES string of the molecule is Cc1cc(C(C)C(C)C2Cc3cc(C)c(C4C(C)C(C)C(C)C4C)c(C)c3C2C)c(C(C)C)c(CC(C)C)c1C.S. The molecule has 0 aromatic heterocycles. The molecule has 2 aromatic rings. The summed E-state index contributed by atoms with van der Waals surface area (Å²) >= 11 is 0. The molecule has 1 saturated carbocycles. The highest BCUT2D eigenvalue weighted by molar-refractivity contribution is 7.59. The van der Waals surface area contributed by atoms with Crippen molar-refractivity contribution in [2.45, 2.75) is 140 Å². The van der Waals surface area contributed by atoms with Crippen molar-refractivity contribution >= 4 is 13.5 Å². The van der Waals surface area contributed by atoms with Crippen molar-refractivity contribution in [1.82, 2.24) is 0 Å². The summed E-state index contributed by atoms with van der Waals surface area (Å²) in [6.07, 6.45) is 2.43. The van der Waals surface area contributed by atoms with Crippen LogP contribution < -0.4 is 0 Å². The average Bonchev–Trinajstić information content (AvgIpc) is 3.29. The molecule has 0 bridgehead atoms. The van der Waals surface area contributed by atoms with E-state index in [1.54, 1.807) is 44.5 Å². The van der Waals surface area contributed by atoms with Gasteiger partial charge in [0.2, 0.25) is 0 Å². The molecular weight excluding hydrogens is 513 g/mol. The molecule has 1 fully saturated rings. The van der Waals surface area contributed by atoms with Crippen molar-refractivity contribution in [3.63, 3.8) is 0 Å². The lowest BCUT2D eigenvalue weighted by Crippen LogP contribution is -2.23. The average molecular weight is 577 g/mol. The fourth-order valence-corrected chi connectivity index (χ4v) is 9.73. The smallest absolute Gasteiger partial charge is 0.00999 e. The zero-order chi connectivity index (χ0) is 30.0. The van der Waals surface area contributed by atoms with Crippen LogP contribution in [-0.2, 0) is 12.8 Å². The highest BCUT2D eigenvalue weighted by atomic mass is 32.1. The summed E-state index contributed by atoms with van der Waals surface area (Å²) in [4.78, 5) is 0. The first-order valence-corrected chi connectivity index (χ1v) is 16.9. The van der Waals surface area contributed by atoms with E-state index in [-0.39, 0.29) is 13.5 Å². The van der Waals surface area contributed by atoms with E-state index in [0.717, 1.165) is 23.7 Å². The molecule has 0 nitrogen and oxygen atoms in total. The van der Waals surface area contributed by atoms with E-state index in [2.05, 4.69) is 116 Å². The zero-order valence-corrected chi connectivity index (χ0v) is 30.4. The second-order valence-electron chi connectivity index (χ2n) is 15.6. The molecule has 230 valence electrons. The molecule has 0 N–H and O–H groups in total. The lowest BCUT2D eigenvalue weighted by atomic mass is 9.71.